The smallest absolute Gasteiger partial charge is 0.366 e. The molecule has 0 saturated carbocycles. The molecule has 21 heavy (non-hydrogen) atoms. The topological polar surface area (TPSA) is 37.8 Å². The minimum Gasteiger partial charge on any atom is -0.366 e. The maximum absolute atomic E-state index is 12.7. The van der Waals surface area contributed by atoms with Gasteiger partial charge in [-0.1, -0.05) is 31.2 Å². The summed E-state index contributed by atoms with van der Waals surface area (Å²) in [7, 11) is 0. The average Bonchev–Trinajstić information content (AvgIpc) is 2.44. The van der Waals surface area contributed by atoms with E-state index in [1.165, 1.54) is 0 Å². The van der Waals surface area contributed by atoms with Gasteiger partial charge in [-0.25, -0.2) is 9.97 Å². The Morgan fingerprint density at radius 1 is 1.14 bits per heavy atom. The summed E-state index contributed by atoms with van der Waals surface area (Å²) in [6.45, 7) is 2.39. The summed E-state index contributed by atoms with van der Waals surface area (Å²) in [6, 6.07) is 8.54. The number of aromatic nitrogens is 2. The molecule has 1 aromatic carbocycles. The monoisotopic (exact) mass is 315 g/mol. The van der Waals surface area contributed by atoms with Gasteiger partial charge in [0.1, 0.15) is 5.82 Å². The van der Waals surface area contributed by atoms with Gasteiger partial charge in [-0.05, 0) is 29.1 Å². The normalized spacial score (nSPS) is 11.5. The van der Waals surface area contributed by atoms with E-state index in [9.17, 15) is 13.2 Å². The van der Waals surface area contributed by atoms with Crippen molar-refractivity contribution < 1.29 is 13.2 Å². The summed E-state index contributed by atoms with van der Waals surface area (Å²) in [5, 5.41) is 2.42. The van der Waals surface area contributed by atoms with E-state index >= 15 is 0 Å². The van der Waals surface area contributed by atoms with E-state index in [0.29, 0.717) is 6.54 Å². The molecule has 0 radical (unpaired) electrons. The van der Waals surface area contributed by atoms with Crippen LogP contribution in [0.3, 0.4) is 0 Å². The van der Waals surface area contributed by atoms with Crippen LogP contribution in [0.1, 0.15) is 23.7 Å². The molecule has 0 spiro atoms. The number of hydrogen-bond donors (Lipinski definition) is 1. The summed E-state index contributed by atoms with van der Waals surface area (Å²) in [6.07, 6.45) is -3.71. The van der Waals surface area contributed by atoms with Crippen molar-refractivity contribution in [3.8, 4) is 0 Å². The quantitative estimate of drug-likeness (QED) is 0.854. The molecule has 1 heterocycles. The van der Waals surface area contributed by atoms with Crippen LogP contribution in [0.5, 0.6) is 0 Å². The molecule has 1 aromatic heterocycles. The predicted molar refractivity (Wildman–Crippen MR) is 75.2 cm³/mol. The highest BCUT2D eigenvalue weighted by atomic mass is 35.5. The van der Waals surface area contributed by atoms with E-state index < -0.39 is 17.2 Å². The van der Waals surface area contributed by atoms with Crippen molar-refractivity contribution in [3.05, 3.63) is 52.4 Å². The average molecular weight is 316 g/mol. The van der Waals surface area contributed by atoms with Crippen LogP contribution in [-0.4, -0.2) is 9.97 Å². The lowest BCUT2D eigenvalue weighted by molar-refractivity contribution is -0.141. The van der Waals surface area contributed by atoms with Gasteiger partial charge >= 0.3 is 6.18 Å². The van der Waals surface area contributed by atoms with Crippen molar-refractivity contribution in [2.24, 2.45) is 0 Å². The van der Waals surface area contributed by atoms with Gasteiger partial charge < -0.3 is 5.32 Å². The molecule has 0 amide bonds. The van der Waals surface area contributed by atoms with Crippen LogP contribution in [0.25, 0.3) is 0 Å². The van der Waals surface area contributed by atoms with Gasteiger partial charge in [0.05, 0.1) is 0 Å². The first-order valence-electron chi connectivity index (χ1n) is 6.32. The molecule has 0 aliphatic carbocycles. The lowest BCUT2D eigenvalue weighted by Crippen LogP contribution is -2.11. The molecule has 7 heteroatoms. The van der Waals surface area contributed by atoms with Gasteiger partial charge in [-0.3, -0.25) is 0 Å². The third-order valence-corrected chi connectivity index (χ3v) is 3.12. The molecule has 0 bridgehead atoms. The molecule has 0 unspecified atom stereocenters. The first-order chi connectivity index (χ1) is 9.90. The van der Waals surface area contributed by atoms with Gasteiger partial charge in [0.15, 0.2) is 5.69 Å². The zero-order valence-electron chi connectivity index (χ0n) is 11.2. The maximum Gasteiger partial charge on any atom is 0.433 e. The highest BCUT2D eigenvalue weighted by Gasteiger charge is 2.33. The Morgan fingerprint density at radius 2 is 1.81 bits per heavy atom. The van der Waals surface area contributed by atoms with E-state index in [1.54, 1.807) is 0 Å². The van der Waals surface area contributed by atoms with Crippen molar-refractivity contribution in [1.82, 2.24) is 9.97 Å². The van der Waals surface area contributed by atoms with Crippen molar-refractivity contribution in [3.63, 3.8) is 0 Å². The van der Waals surface area contributed by atoms with E-state index in [4.69, 9.17) is 11.6 Å². The van der Waals surface area contributed by atoms with Crippen molar-refractivity contribution >= 4 is 17.4 Å². The van der Waals surface area contributed by atoms with Crippen molar-refractivity contribution in [2.45, 2.75) is 26.1 Å². The van der Waals surface area contributed by atoms with Gasteiger partial charge in [-0.2, -0.15) is 13.2 Å². The Kier molecular flexibility index (Phi) is 4.67. The highest BCUT2D eigenvalue weighted by Crippen LogP contribution is 2.29. The molecule has 2 aromatic rings. The third-order valence-electron chi connectivity index (χ3n) is 2.95. The summed E-state index contributed by atoms with van der Waals surface area (Å²) >= 11 is 5.53. The first-order valence-corrected chi connectivity index (χ1v) is 6.70. The van der Waals surface area contributed by atoms with E-state index in [1.807, 2.05) is 31.2 Å². The van der Waals surface area contributed by atoms with Crippen LogP contribution in [0.2, 0.25) is 5.28 Å². The molecule has 0 atom stereocenters. The van der Waals surface area contributed by atoms with Crippen LogP contribution in [0, 0.1) is 0 Å². The lowest BCUT2D eigenvalue weighted by atomic mass is 10.1. The van der Waals surface area contributed by atoms with Crippen LogP contribution in [-0.2, 0) is 19.1 Å². The van der Waals surface area contributed by atoms with Crippen LogP contribution >= 0.6 is 11.6 Å². The fraction of sp³-hybridized carbons (Fsp3) is 0.286. The Labute approximate surface area is 125 Å². The van der Waals surface area contributed by atoms with E-state index in [-0.39, 0.29) is 5.82 Å². The molecule has 0 aliphatic heterocycles. The molecule has 112 valence electrons. The van der Waals surface area contributed by atoms with Gasteiger partial charge in [0, 0.05) is 12.6 Å². The molecule has 3 nitrogen and oxygen atoms in total. The minimum atomic E-state index is -4.55. The van der Waals surface area contributed by atoms with Crippen LogP contribution in [0.15, 0.2) is 30.3 Å². The number of nitrogens with one attached hydrogen (secondary N) is 1. The zero-order valence-corrected chi connectivity index (χ0v) is 12.0. The minimum absolute atomic E-state index is 0.0493. The number of anilines is 1. The summed E-state index contributed by atoms with van der Waals surface area (Å²) in [5.41, 5.74) is 1.07. The molecule has 0 fully saturated rings. The predicted octanol–water partition coefficient (Wildman–Crippen LogP) is 4.32. The van der Waals surface area contributed by atoms with Gasteiger partial charge in [0.25, 0.3) is 0 Å². The number of benzene rings is 1. The maximum atomic E-state index is 12.7. The molecular formula is C14H13ClF3N3. The second-order valence-corrected chi connectivity index (χ2v) is 4.72. The third kappa shape index (κ3) is 4.07. The SMILES string of the molecule is CCc1ccccc1CNc1cc(C(F)(F)F)nc(Cl)n1. The molecule has 2 rings (SSSR count). The standard InChI is InChI=1S/C14H13ClF3N3/c1-2-9-5-3-4-6-10(9)8-19-12-7-11(14(16,17)18)20-13(15)21-12/h3-7H,2,8H2,1H3,(H,19,20,21). The van der Waals surface area contributed by atoms with Crippen LogP contribution < -0.4 is 5.32 Å². The van der Waals surface area contributed by atoms with Crippen molar-refractivity contribution in [2.75, 3.05) is 5.32 Å². The Balaban J connectivity index is 2.19. The fourth-order valence-electron chi connectivity index (χ4n) is 1.91. The molecule has 0 saturated heterocycles. The molecular weight excluding hydrogens is 303 g/mol. The van der Waals surface area contributed by atoms with E-state index in [2.05, 4.69) is 15.3 Å². The van der Waals surface area contributed by atoms with Crippen molar-refractivity contribution in [1.29, 1.82) is 0 Å². The fourth-order valence-corrected chi connectivity index (χ4v) is 2.10. The summed E-state index contributed by atoms with van der Waals surface area (Å²) in [5.74, 6) is 0.0493. The Hall–Kier alpha value is -1.82. The largest absolute Gasteiger partial charge is 0.433 e. The second-order valence-electron chi connectivity index (χ2n) is 4.38. The number of rotatable bonds is 4. The van der Waals surface area contributed by atoms with Gasteiger partial charge in [0.2, 0.25) is 5.28 Å². The second kappa shape index (κ2) is 6.30. The number of aryl methyl sites for hydroxylation is 1. The summed E-state index contributed by atoms with van der Waals surface area (Å²) in [4.78, 5) is 6.94. The number of nitrogens with zero attached hydrogens (tertiary/aromatic N) is 2. The summed E-state index contributed by atoms with van der Waals surface area (Å²) < 4.78 is 38.0. The molecule has 1 N–H and O–H groups in total. The first kappa shape index (κ1) is 15.6. The Bertz CT molecular complexity index is 629. The van der Waals surface area contributed by atoms with Crippen LogP contribution in [0.4, 0.5) is 19.0 Å². The zero-order chi connectivity index (χ0) is 15.5. The number of hydrogen-bond acceptors (Lipinski definition) is 3. The van der Waals surface area contributed by atoms with E-state index in [0.717, 1.165) is 23.6 Å². The Morgan fingerprint density at radius 3 is 2.43 bits per heavy atom. The lowest BCUT2D eigenvalue weighted by Gasteiger charge is -2.11. The molecule has 0 aliphatic rings. The van der Waals surface area contributed by atoms with Gasteiger partial charge in [-0.15, -0.1) is 0 Å². The number of alkyl halides is 3. The highest BCUT2D eigenvalue weighted by molar-refractivity contribution is 6.28. The number of halogens is 4.